The minimum Gasteiger partial charge on any atom is -0.303 e. The number of thiophene rings is 1. The summed E-state index contributed by atoms with van der Waals surface area (Å²) >= 11 is 7.47. The maximum atomic E-state index is 10.2. The Hall–Kier alpha value is -0.340. The van der Waals surface area contributed by atoms with E-state index < -0.39 is 0 Å². The van der Waals surface area contributed by atoms with Crippen molar-refractivity contribution in [3.63, 3.8) is 0 Å². The SMILES string of the molecule is C[C@@H](CC=O)c1sccc1Cl. The van der Waals surface area contributed by atoms with Gasteiger partial charge in [0.05, 0.1) is 5.02 Å². The Balaban J connectivity index is 2.74. The Morgan fingerprint density at radius 3 is 3.00 bits per heavy atom. The van der Waals surface area contributed by atoms with Crippen LogP contribution >= 0.6 is 22.9 Å². The van der Waals surface area contributed by atoms with Crippen LogP contribution in [0.15, 0.2) is 11.4 Å². The van der Waals surface area contributed by atoms with Gasteiger partial charge in [0.1, 0.15) is 6.29 Å². The van der Waals surface area contributed by atoms with Crippen LogP contribution in [-0.4, -0.2) is 6.29 Å². The molecule has 1 rings (SSSR count). The number of hydrogen-bond donors (Lipinski definition) is 0. The van der Waals surface area contributed by atoms with Crippen molar-refractivity contribution in [2.24, 2.45) is 0 Å². The smallest absolute Gasteiger partial charge is 0.120 e. The zero-order valence-corrected chi connectivity index (χ0v) is 7.78. The van der Waals surface area contributed by atoms with Gasteiger partial charge >= 0.3 is 0 Å². The minimum atomic E-state index is 0.264. The Kier molecular flexibility index (Phi) is 3.09. The molecule has 1 aromatic rings. The molecule has 0 aliphatic carbocycles. The molecule has 0 aliphatic rings. The first-order valence-corrected chi connectivity index (χ1v) is 4.68. The molecular weight excluding hydrogens is 180 g/mol. The van der Waals surface area contributed by atoms with Crippen molar-refractivity contribution in [2.45, 2.75) is 19.3 Å². The first-order valence-electron chi connectivity index (χ1n) is 3.42. The van der Waals surface area contributed by atoms with Crippen LogP contribution in [0.1, 0.15) is 24.1 Å². The Morgan fingerprint density at radius 1 is 1.82 bits per heavy atom. The maximum absolute atomic E-state index is 10.2. The highest BCUT2D eigenvalue weighted by molar-refractivity contribution is 7.10. The molecule has 11 heavy (non-hydrogen) atoms. The fourth-order valence-electron chi connectivity index (χ4n) is 0.908. The van der Waals surface area contributed by atoms with Crippen LogP contribution in [0.2, 0.25) is 5.02 Å². The van der Waals surface area contributed by atoms with E-state index in [1.807, 2.05) is 18.4 Å². The van der Waals surface area contributed by atoms with Crippen molar-refractivity contribution in [3.8, 4) is 0 Å². The first-order chi connectivity index (χ1) is 5.25. The molecule has 60 valence electrons. The van der Waals surface area contributed by atoms with Gasteiger partial charge in [-0.3, -0.25) is 0 Å². The zero-order chi connectivity index (χ0) is 8.27. The third-order valence-corrected chi connectivity index (χ3v) is 3.13. The molecule has 0 amide bonds. The maximum Gasteiger partial charge on any atom is 0.120 e. The molecule has 0 N–H and O–H groups in total. The summed E-state index contributed by atoms with van der Waals surface area (Å²) in [6, 6.07) is 1.86. The van der Waals surface area contributed by atoms with Crippen LogP contribution in [0.25, 0.3) is 0 Å². The summed E-state index contributed by atoms with van der Waals surface area (Å²) < 4.78 is 0. The lowest BCUT2D eigenvalue weighted by molar-refractivity contribution is -0.108. The van der Waals surface area contributed by atoms with Crippen LogP contribution in [0, 0.1) is 0 Å². The molecule has 0 aromatic carbocycles. The number of carbonyl (C=O) groups excluding carboxylic acids is 1. The number of rotatable bonds is 3. The topological polar surface area (TPSA) is 17.1 Å². The van der Waals surface area contributed by atoms with Crippen molar-refractivity contribution in [2.75, 3.05) is 0 Å². The number of aldehydes is 1. The van der Waals surface area contributed by atoms with E-state index in [9.17, 15) is 4.79 Å². The summed E-state index contributed by atoms with van der Waals surface area (Å²) in [4.78, 5) is 11.3. The Morgan fingerprint density at radius 2 is 2.55 bits per heavy atom. The molecule has 0 spiro atoms. The van der Waals surface area contributed by atoms with Gasteiger partial charge in [-0.2, -0.15) is 0 Å². The third-order valence-electron chi connectivity index (χ3n) is 1.54. The van der Waals surface area contributed by atoms with Gasteiger partial charge in [-0.15, -0.1) is 11.3 Å². The average Bonchev–Trinajstić information content (AvgIpc) is 2.36. The molecule has 0 radical (unpaired) electrons. The van der Waals surface area contributed by atoms with Gasteiger partial charge in [0.2, 0.25) is 0 Å². The summed E-state index contributed by atoms with van der Waals surface area (Å²) in [7, 11) is 0. The number of hydrogen-bond acceptors (Lipinski definition) is 2. The monoisotopic (exact) mass is 188 g/mol. The van der Waals surface area contributed by atoms with E-state index in [1.165, 1.54) is 0 Å². The van der Waals surface area contributed by atoms with Crippen LogP contribution in [0.3, 0.4) is 0 Å². The predicted octanol–water partition coefficient (Wildman–Crippen LogP) is 3.09. The molecule has 0 unspecified atom stereocenters. The number of halogens is 1. The minimum absolute atomic E-state index is 0.264. The second-order valence-electron chi connectivity index (χ2n) is 2.44. The van der Waals surface area contributed by atoms with Crippen molar-refractivity contribution in [3.05, 3.63) is 21.3 Å². The van der Waals surface area contributed by atoms with Crippen LogP contribution in [-0.2, 0) is 4.79 Å². The Bertz CT molecular complexity index is 244. The highest BCUT2D eigenvalue weighted by atomic mass is 35.5. The predicted molar refractivity (Wildman–Crippen MR) is 48.4 cm³/mol. The van der Waals surface area contributed by atoms with Crippen LogP contribution in [0.5, 0.6) is 0 Å². The van der Waals surface area contributed by atoms with Crippen LogP contribution < -0.4 is 0 Å². The van der Waals surface area contributed by atoms with Gasteiger partial charge in [0.25, 0.3) is 0 Å². The highest BCUT2D eigenvalue weighted by Crippen LogP contribution is 2.30. The molecule has 1 nitrogen and oxygen atoms in total. The lowest BCUT2D eigenvalue weighted by Gasteiger charge is -2.03. The summed E-state index contributed by atoms with van der Waals surface area (Å²) in [6.45, 7) is 2.01. The van der Waals surface area contributed by atoms with Crippen LogP contribution in [0.4, 0.5) is 0 Å². The summed E-state index contributed by atoms with van der Waals surface area (Å²) in [6.07, 6.45) is 1.49. The Labute approximate surface area is 75.0 Å². The fourth-order valence-corrected chi connectivity index (χ4v) is 2.23. The van der Waals surface area contributed by atoms with Crippen molar-refractivity contribution >= 4 is 29.2 Å². The van der Waals surface area contributed by atoms with E-state index >= 15 is 0 Å². The fraction of sp³-hybridized carbons (Fsp3) is 0.375. The molecule has 1 aromatic heterocycles. The summed E-state index contributed by atoms with van der Waals surface area (Å²) in [5.74, 6) is 0.264. The molecule has 0 fully saturated rings. The number of carbonyl (C=O) groups is 1. The lowest BCUT2D eigenvalue weighted by Crippen LogP contribution is -1.90. The zero-order valence-electron chi connectivity index (χ0n) is 6.21. The summed E-state index contributed by atoms with van der Waals surface area (Å²) in [5.41, 5.74) is 0. The second-order valence-corrected chi connectivity index (χ2v) is 3.79. The van der Waals surface area contributed by atoms with Crippen molar-refractivity contribution in [1.82, 2.24) is 0 Å². The van der Waals surface area contributed by atoms with E-state index in [-0.39, 0.29) is 5.92 Å². The van der Waals surface area contributed by atoms with E-state index in [0.29, 0.717) is 6.42 Å². The standard InChI is InChI=1S/C8H9ClOS/c1-6(2-4-10)8-7(9)3-5-11-8/h3-6H,2H2,1H3/t6-/m0/s1. The quantitative estimate of drug-likeness (QED) is 0.667. The van der Waals surface area contributed by atoms with E-state index in [1.54, 1.807) is 11.3 Å². The second kappa shape index (κ2) is 3.88. The molecule has 0 saturated heterocycles. The van der Waals surface area contributed by atoms with Gasteiger partial charge in [0.15, 0.2) is 0 Å². The molecular formula is C8H9ClOS. The summed E-state index contributed by atoms with van der Waals surface area (Å²) in [5, 5.41) is 2.73. The molecule has 0 aliphatic heterocycles. The van der Waals surface area contributed by atoms with Crippen molar-refractivity contribution in [1.29, 1.82) is 0 Å². The molecule has 1 atom stereocenters. The van der Waals surface area contributed by atoms with Gasteiger partial charge in [-0.05, 0) is 17.4 Å². The van der Waals surface area contributed by atoms with E-state index in [2.05, 4.69) is 0 Å². The molecule has 0 saturated carbocycles. The normalized spacial score (nSPS) is 12.9. The molecule has 0 bridgehead atoms. The van der Waals surface area contributed by atoms with Gasteiger partial charge < -0.3 is 4.79 Å². The molecule has 3 heteroatoms. The van der Waals surface area contributed by atoms with Gasteiger partial charge in [-0.1, -0.05) is 18.5 Å². The van der Waals surface area contributed by atoms with Gasteiger partial charge in [-0.25, -0.2) is 0 Å². The average molecular weight is 189 g/mol. The van der Waals surface area contributed by atoms with Crippen molar-refractivity contribution < 1.29 is 4.79 Å². The van der Waals surface area contributed by atoms with Gasteiger partial charge in [0, 0.05) is 11.3 Å². The molecule has 1 heterocycles. The lowest BCUT2D eigenvalue weighted by atomic mass is 10.1. The largest absolute Gasteiger partial charge is 0.303 e. The third kappa shape index (κ3) is 2.04. The van der Waals surface area contributed by atoms with E-state index in [4.69, 9.17) is 11.6 Å². The highest BCUT2D eigenvalue weighted by Gasteiger charge is 2.09. The first kappa shape index (κ1) is 8.75. The van der Waals surface area contributed by atoms with E-state index in [0.717, 1.165) is 16.2 Å².